The number of rotatable bonds is 6. The molecule has 0 unspecified atom stereocenters. The van der Waals surface area contributed by atoms with Crippen LogP contribution in [0.15, 0.2) is 66.7 Å². The zero-order chi connectivity index (χ0) is 19.4. The van der Waals surface area contributed by atoms with Crippen LogP contribution < -0.4 is 5.32 Å². The van der Waals surface area contributed by atoms with Gasteiger partial charge < -0.3 is 9.88 Å². The number of Topliss-reactive ketones (excluding diaryl/α,β-unsaturated/α-hetero) is 1. The average molecular weight is 360 g/mol. The second-order valence-electron chi connectivity index (χ2n) is 6.74. The molecule has 1 N–H and O–H groups in total. The first kappa shape index (κ1) is 18.6. The molecule has 0 saturated heterocycles. The SMILES string of the molecule is CC(=O)c1cc(-c2ccccc2)n(CC(=O)N[C@@H](C)c2ccccc2)c1C. The van der Waals surface area contributed by atoms with Crippen LogP contribution in [0.5, 0.6) is 0 Å². The van der Waals surface area contributed by atoms with Gasteiger partial charge in [-0.1, -0.05) is 60.7 Å². The summed E-state index contributed by atoms with van der Waals surface area (Å²) in [5, 5.41) is 3.04. The molecule has 3 rings (SSSR count). The topological polar surface area (TPSA) is 51.1 Å². The van der Waals surface area contributed by atoms with Crippen LogP contribution in [0.3, 0.4) is 0 Å². The van der Waals surface area contributed by atoms with Crippen LogP contribution in [0.2, 0.25) is 0 Å². The van der Waals surface area contributed by atoms with Crippen molar-refractivity contribution in [2.45, 2.75) is 33.4 Å². The molecule has 27 heavy (non-hydrogen) atoms. The quantitative estimate of drug-likeness (QED) is 0.656. The maximum atomic E-state index is 12.7. The lowest BCUT2D eigenvalue weighted by Crippen LogP contribution is -2.30. The molecule has 0 radical (unpaired) electrons. The highest BCUT2D eigenvalue weighted by Crippen LogP contribution is 2.26. The summed E-state index contributed by atoms with van der Waals surface area (Å²) in [6.07, 6.45) is 0. The number of carbonyl (C=O) groups excluding carboxylic acids is 2. The minimum Gasteiger partial charge on any atom is -0.348 e. The maximum absolute atomic E-state index is 12.7. The van der Waals surface area contributed by atoms with Crippen molar-refractivity contribution in [3.05, 3.63) is 83.6 Å². The molecule has 0 bridgehead atoms. The van der Waals surface area contributed by atoms with Crippen LogP contribution in [0.4, 0.5) is 0 Å². The molecule has 0 aliphatic heterocycles. The van der Waals surface area contributed by atoms with Crippen LogP contribution in [0, 0.1) is 6.92 Å². The Morgan fingerprint density at radius 3 is 2.19 bits per heavy atom. The van der Waals surface area contributed by atoms with Crippen molar-refractivity contribution in [3.8, 4) is 11.3 Å². The number of hydrogen-bond acceptors (Lipinski definition) is 2. The number of carbonyl (C=O) groups is 2. The number of nitrogens with zero attached hydrogens (tertiary/aromatic N) is 1. The molecule has 0 saturated carbocycles. The summed E-state index contributed by atoms with van der Waals surface area (Å²) in [6, 6.07) is 21.5. The van der Waals surface area contributed by atoms with E-state index in [2.05, 4.69) is 5.32 Å². The van der Waals surface area contributed by atoms with Gasteiger partial charge in [0.1, 0.15) is 6.54 Å². The van der Waals surface area contributed by atoms with Crippen LogP contribution in [-0.4, -0.2) is 16.3 Å². The van der Waals surface area contributed by atoms with Crippen molar-refractivity contribution in [3.63, 3.8) is 0 Å². The van der Waals surface area contributed by atoms with E-state index >= 15 is 0 Å². The van der Waals surface area contributed by atoms with E-state index in [4.69, 9.17) is 0 Å². The van der Waals surface area contributed by atoms with Gasteiger partial charge in [0.25, 0.3) is 0 Å². The fraction of sp³-hybridized carbons (Fsp3) is 0.217. The van der Waals surface area contributed by atoms with E-state index < -0.39 is 0 Å². The molecule has 0 aliphatic rings. The zero-order valence-corrected chi connectivity index (χ0v) is 15.9. The van der Waals surface area contributed by atoms with E-state index in [9.17, 15) is 9.59 Å². The lowest BCUT2D eigenvalue weighted by atomic mass is 10.1. The Hall–Kier alpha value is -3.14. The molecule has 4 nitrogen and oxygen atoms in total. The standard InChI is InChI=1S/C23H24N2O2/c1-16(19-10-6-4-7-11-19)24-23(27)15-25-17(2)21(18(3)26)14-22(25)20-12-8-5-9-13-20/h4-14,16H,15H2,1-3H3,(H,24,27)/t16-/m0/s1. The number of nitrogens with one attached hydrogen (secondary N) is 1. The molecular weight excluding hydrogens is 336 g/mol. The fourth-order valence-corrected chi connectivity index (χ4v) is 3.31. The fourth-order valence-electron chi connectivity index (χ4n) is 3.31. The highest BCUT2D eigenvalue weighted by molar-refractivity contribution is 5.97. The number of amides is 1. The van der Waals surface area contributed by atoms with Crippen LogP contribution in [-0.2, 0) is 11.3 Å². The summed E-state index contributed by atoms with van der Waals surface area (Å²) < 4.78 is 1.92. The third-order valence-corrected chi connectivity index (χ3v) is 4.79. The number of ketones is 1. The minimum atomic E-state index is -0.0858. The third-order valence-electron chi connectivity index (χ3n) is 4.79. The number of benzene rings is 2. The molecule has 1 atom stereocenters. The summed E-state index contributed by atoms with van der Waals surface area (Å²) in [7, 11) is 0. The molecule has 0 aliphatic carbocycles. The molecule has 1 heterocycles. The number of hydrogen-bond donors (Lipinski definition) is 1. The Balaban J connectivity index is 1.87. The van der Waals surface area contributed by atoms with Gasteiger partial charge in [-0.2, -0.15) is 0 Å². The van der Waals surface area contributed by atoms with Crippen molar-refractivity contribution in [1.82, 2.24) is 9.88 Å². The van der Waals surface area contributed by atoms with Crippen molar-refractivity contribution in [2.24, 2.45) is 0 Å². The molecule has 0 spiro atoms. The van der Waals surface area contributed by atoms with Crippen LogP contribution in [0.25, 0.3) is 11.3 Å². The van der Waals surface area contributed by atoms with E-state index in [1.807, 2.05) is 85.1 Å². The second kappa shape index (κ2) is 8.04. The van der Waals surface area contributed by atoms with Crippen LogP contribution in [0.1, 0.15) is 41.5 Å². The van der Waals surface area contributed by atoms with Crippen molar-refractivity contribution < 1.29 is 9.59 Å². The lowest BCUT2D eigenvalue weighted by molar-refractivity contribution is -0.122. The van der Waals surface area contributed by atoms with Gasteiger partial charge in [0, 0.05) is 17.0 Å². The average Bonchev–Trinajstić information content (AvgIpc) is 3.00. The Kier molecular flexibility index (Phi) is 5.55. The smallest absolute Gasteiger partial charge is 0.240 e. The molecule has 1 aromatic heterocycles. The van der Waals surface area contributed by atoms with E-state index in [1.165, 1.54) is 0 Å². The highest BCUT2D eigenvalue weighted by atomic mass is 16.2. The summed E-state index contributed by atoms with van der Waals surface area (Å²) in [4.78, 5) is 24.7. The van der Waals surface area contributed by atoms with E-state index in [1.54, 1.807) is 6.92 Å². The third kappa shape index (κ3) is 4.17. The van der Waals surface area contributed by atoms with Gasteiger partial charge in [-0.05, 0) is 38.0 Å². The van der Waals surface area contributed by atoms with Crippen molar-refractivity contribution in [1.29, 1.82) is 0 Å². The molecule has 4 heteroatoms. The van der Waals surface area contributed by atoms with Gasteiger partial charge in [-0.15, -0.1) is 0 Å². The van der Waals surface area contributed by atoms with Gasteiger partial charge in [0.2, 0.25) is 5.91 Å². The Labute approximate surface area is 159 Å². The lowest BCUT2D eigenvalue weighted by Gasteiger charge is -2.17. The van der Waals surface area contributed by atoms with E-state index in [0.29, 0.717) is 5.56 Å². The zero-order valence-electron chi connectivity index (χ0n) is 15.9. The Morgan fingerprint density at radius 1 is 1.00 bits per heavy atom. The summed E-state index contributed by atoms with van der Waals surface area (Å²) in [5.74, 6) is -0.0844. The van der Waals surface area contributed by atoms with Gasteiger partial charge in [-0.25, -0.2) is 0 Å². The predicted molar refractivity (Wildman–Crippen MR) is 108 cm³/mol. The summed E-state index contributed by atoms with van der Waals surface area (Å²) >= 11 is 0. The largest absolute Gasteiger partial charge is 0.348 e. The van der Waals surface area contributed by atoms with E-state index in [-0.39, 0.29) is 24.3 Å². The predicted octanol–water partition coefficient (Wildman–Crippen LogP) is 4.54. The van der Waals surface area contributed by atoms with E-state index in [0.717, 1.165) is 22.5 Å². The second-order valence-corrected chi connectivity index (χ2v) is 6.74. The first-order valence-electron chi connectivity index (χ1n) is 9.08. The molecule has 3 aromatic rings. The summed E-state index contributed by atoms with van der Waals surface area (Å²) in [5.41, 5.74) is 4.38. The molecule has 2 aromatic carbocycles. The summed E-state index contributed by atoms with van der Waals surface area (Å²) in [6.45, 7) is 5.57. The monoisotopic (exact) mass is 360 g/mol. The molecule has 1 amide bonds. The molecule has 138 valence electrons. The van der Waals surface area contributed by atoms with Gasteiger partial charge in [0.05, 0.1) is 6.04 Å². The van der Waals surface area contributed by atoms with Gasteiger partial charge >= 0.3 is 0 Å². The normalized spacial score (nSPS) is 11.8. The Bertz CT molecular complexity index is 943. The highest BCUT2D eigenvalue weighted by Gasteiger charge is 2.19. The maximum Gasteiger partial charge on any atom is 0.240 e. The minimum absolute atomic E-state index is 0.00138. The van der Waals surface area contributed by atoms with Gasteiger partial charge in [-0.3, -0.25) is 9.59 Å². The van der Waals surface area contributed by atoms with Crippen LogP contribution >= 0.6 is 0 Å². The molecular formula is C23H24N2O2. The van der Waals surface area contributed by atoms with Crippen molar-refractivity contribution in [2.75, 3.05) is 0 Å². The molecule has 0 fully saturated rings. The van der Waals surface area contributed by atoms with Gasteiger partial charge in [0.15, 0.2) is 5.78 Å². The number of aromatic nitrogens is 1. The first-order valence-corrected chi connectivity index (χ1v) is 9.08. The van der Waals surface area contributed by atoms with Crippen molar-refractivity contribution >= 4 is 11.7 Å². The first-order chi connectivity index (χ1) is 13.0. The Morgan fingerprint density at radius 2 is 1.59 bits per heavy atom.